The number of allylic oxidation sites excluding steroid dienone is 2. The highest BCUT2D eigenvalue weighted by molar-refractivity contribution is 6.09. The Morgan fingerprint density at radius 1 is 0.307 bits per heavy atom. The molecule has 0 amide bonds. The molecule has 2 atom stereocenters. The summed E-state index contributed by atoms with van der Waals surface area (Å²) in [6.07, 6.45) is 14.9. The van der Waals surface area contributed by atoms with Crippen molar-refractivity contribution in [1.29, 1.82) is 0 Å². The maximum Gasteiger partial charge on any atom is 0.170 e. The zero-order chi connectivity index (χ0) is 49.7. The predicted molar refractivity (Wildman–Crippen MR) is 299 cm³/mol. The van der Waals surface area contributed by atoms with Crippen molar-refractivity contribution in [1.82, 2.24) is 24.9 Å². The standard InChI is InChI=1S/C67H43N5O3/c1-2-10-42(11-3-1)49-12-8-13-50(38-49)66-70-65(71-67(72-66)58-16-9-15-57-56-14-4-5-17-59(56)73-62(57)58)48-26-22-44(23-27-48)43-20-24-47(25-21-43)54-28-29-55(64-63(54)74-60-18-6-7-19-61(60)75-64)53-40-51(45-30-34-68-35-31-45)39-52(41-53)46-32-36-69-37-33-46/h1-41,60-61H. The second-order valence-corrected chi connectivity index (χ2v) is 18.7. The summed E-state index contributed by atoms with van der Waals surface area (Å²) in [7, 11) is 0. The van der Waals surface area contributed by atoms with Gasteiger partial charge in [-0.25, -0.2) is 15.0 Å². The number of aromatic nitrogens is 5. The van der Waals surface area contributed by atoms with Gasteiger partial charge in [0.1, 0.15) is 11.2 Å². The number of pyridine rings is 2. The van der Waals surface area contributed by atoms with E-state index in [1.54, 1.807) is 0 Å². The lowest BCUT2D eigenvalue weighted by Gasteiger charge is -2.34. The average molecular weight is 966 g/mol. The molecular weight excluding hydrogens is 923 g/mol. The zero-order valence-electron chi connectivity index (χ0n) is 40.3. The van der Waals surface area contributed by atoms with E-state index in [0.717, 1.165) is 105 Å². The van der Waals surface area contributed by atoms with Crippen LogP contribution < -0.4 is 9.47 Å². The molecule has 0 saturated heterocycles. The first kappa shape index (κ1) is 43.7. The molecule has 2 unspecified atom stereocenters. The molecule has 0 saturated carbocycles. The highest BCUT2D eigenvalue weighted by Crippen LogP contribution is 2.50. The van der Waals surface area contributed by atoms with Gasteiger partial charge >= 0.3 is 0 Å². The minimum Gasteiger partial charge on any atom is -0.478 e. The first-order valence-electron chi connectivity index (χ1n) is 25.0. The molecule has 12 aromatic rings. The van der Waals surface area contributed by atoms with Gasteiger partial charge in [-0.15, -0.1) is 0 Å². The second-order valence-electron chi connectivity index (χ2n) is 18.7. The van der Waals surface area contributed by atoms with Crippen LogP contribution in [0.4, 0.5) is 0 Å². The molecule has 0 bridgehead atoms. The quantitative estimate of drug-likeness (QED) is 0.141. The maximum atomic E-state index is 6.93. The molecule has 0 fully saturated rings. The summed E-state index contributed by atoms with van der Waals surface area (Å²) in [6.45, 7) is 0. The van der Waals surface area contributed by atoms with Crippen molar-refractivity contribution in [3.63, 3.8) is 0 Å². The van der Waals surface area contributed by atoms with Crippen molar-refractivity contribution in [2.24, 2.45) is 0 Å². The van der Waals surface area contributed by atoms with E-state index >= 15 is 0 Å². The maximum absolute atomic E-state index is 6.93. The van der Waals surface area contributed by atoms with Gasteiger partial charge in [0.05, 0.1) is 5.56 Å². The van der Waals surface area contributed by atoms with Gasteiger partial charge in [-0.1, -0.05) is 140 Å². The molecule has 2 aliphatic rings. The van der Waals surface area contributed by atoms with Gasteiger partial charge in [0.25, 0.3) is 0 Å². The fraction of sp³-hybridized carbons (Fsp3) is 0.0299. The summed E-state index contributed by atoms with van der Waals surface area (Å²) in [4.78, 5) is 24.0. The van der Waals surface area contributed by atoms with Crippen molar-refractivity contribution in [3.8, 4) is 112 Å². The van der Waals surface area contributed by atoms with E-state index in [0.29, 0.717) is 29.0 Å². The molecule has 0 radical (unpaired) electrons. The number of para-hydroxylation sites is 2. The molecule has 1 aliphatic heterocycles. The Morgan fingerprint density at radius 2 is 0.773 bits per heavy atom. The molecule has 1 aliphatic carbocycles. The topological polar surface area (TPSA) is 96.1 Å². The summed E-state index contributed by atoms with van der Waals surface area (Å²) >= 11 is 0. The van der Waals surface area contributed by atoms with Crippen LogP contribution in [0.3, 0.4) is 0 Å². The van der Waals surface area contributed by atoms with Crippen LogP contribution in [0.2, 0.25) is 0 Å². The van der Waals surface area contributed by atoms with Crippen LogP contribution in [-0.4, -0.2) is 37.1 Å². The fourth-order valence-corrected chi connectivity index (χ4v) is 10.3. The normalized spacial score (nSPS) is 14.5. The van der Waals surface area contributed by atoms with Crippen molar-refractivity contribution in [2.75, 3.05) is 0 Å². The van der Waals surface area contributed by atoms with Gasteiger partial charge < -0.3 is 13.9 Å². The van der Waals surface area contributed by atoms with Crippen molar-refractivity contribution < 1.29 is 13.9 Å². The molecule has 8 nitrogen and oxygen atoms in total. The van der Waals surface area contributed by atoms with Gasteiger partial charge in [0, 0.05) is 57.8 Å². The van der Waals surface area contributed by atoms with E-state index in [9.17, 15) is 0 Å². The largest absolute Gasteiger partial charge is 0.478 e. The molecule has 14 rings (SSSR count). The number of ether oxygens (including phenoxy) is 2. The zero-order valence-corrected chi connectivity index (χ0v) is 40.3. The number of fused-ring (bicyclic) bond motifs is 5. The van der Waals surface area contributed by atoms with Crippen molar-refractivity contribution >= 4 is 21.9 Å². The first-order chi connectivity index (χ1) is 37.1. The van der Waals surface area contributed by atoms with Crippen molar-refractivity contribution in [3.05, 3.63) is 249 Å². The highest BCUT2D eigenvalue weighted by atomic mass is 16.6. The minimum absolute atomic E-state index is 0.264. The van der Waals surface area contributed by atoms with Gasteiger partial charge in [-0.2, -0.15) is 0 Å². The predicted octanol–water partition coefficient (Wildman–Crippen LogP) is 16.2. The molecule has 8 aromatic carbocycles. The Bertz CT molecular complexity index is 4120. The average Bonchev–Trinajstić information content (AvgIpc) is 3.89. The summed E-state index contributed by atoms with van der Waals surface area (Å²) in [5.41, 5.74) is 16.6. The van der Waals surface area contributed by atoms with Crippen LogP contribution in [0.15, 0.2) is 254 Å². The molecule has 75 heavy (non-hydrogen) atoms. The molecule has 0 spiro atoms. The van der Waals surface area contributed by atoms with Gasteiger partial charge in [-0.05, 0) is 141 Å². The Balaban J connectivity index is 0.819. The highest BCUT2D eigenvalue weighted by Gasteiger charge is 2.33. The van der Waals surface area contributed by atoms with E-state index in [1.165, 1.54) is 0 Å². The van der Waals surface area contributed by atoms with Crippen LogP contribution in [0.25, 0.3) is 123 Å². The van der Waals surface area contributed by atoms with Crippen LogP contribution in [-0.2, 0) is 0 Å². The monoisotopic (exact) mass is 965 g/mol. The Kier molecular flexibility index (Phi) is 10.8. The summed E-state index contributed by atoms with van der Waals surface area (Å²) < 4.78 is 20.3. The minimum atomic E-state index is -0.266. The molecule has 354 valence electrons. The molecular formula is C67H43N5O3. The number of hydrogen-bond donors (Lipinski definition) is 0. The number of benzene rings is 8. The van der Waals surface area contributed by atoms with E-state index in [-0.39, 0.29) is 12.2 Å². The van der Waals surface area contributed by atoms with E-state index in [2.05, 4.69) is 162 Å². The Labute approximate surface area is 432 Å². The SMILES string of the molecule is C1=CC2Oc3c(-c4ccc(-c5ccc(-c6nc(-c7cccc(-c8ccccc8)c7)nc(-c7cccc8c7oc7ccccc78)n6)cc5)cc4)ccc(-c4cc(-c5ccncc5)cc(-c5ccncc5)c4)c3OC2C=C1. The van der Waals surface area contributed by atoms with Crippen LogP contribution in [0, 0.1) is 0 Å². The van der Waals surface area contributed by atoms with Crippen LogP contribution >= 0.6 is 0 Å². The first-order valence-corrected chi connectivity index (χ1v) is 25.0. The van der Waals surface area contributed by atoms with E-state index in [4.69, 9.17) is 28.8 Å². The lowest BCUT2D eigenvalue weighted by molar-refractivity contribution is 0.0769. The molecule has 5 heterocycles. The van der Waals surface area contributed by atoms with Crippen molar-refractivity contribution in [2.45, 2.75) is 12.2 Å². The Morgan fingerprint density at radius 3 is 1.44 bits per heavy atom. The molecule has 0 N–H and O–H groups in total. The molecule has 4 aromatic heterocycles. The van der Waals surface area contributed by atoms with Gasteiger partial charge in [0.2, 0.25) is 0 Å². The smallest absolute Gasteiger partial charge is 0.170 e. The lowest BCUT2D eigenvalue weighted by Crippen LogP contribution is -2.38. The third-order valence-corrected chi connectivity index (χ3v) is 14.1. The number of nitrogens with zero attached hydrogens (tertiary/aromatic N) is 5. The summed E-state index contributed by atoms with van der Waals surface area (Å²) in [5, 5.41) is 2.06. The van der Waals surface area contributed by atoms with E-state index in [1.807, 2.05) is 97.6 Å². The third-order valence-electron chi connectivity index (χ3n) is 14.1. The van der Waals surface area contributed by atoms with Crippen LogP contribution in [0.5, 0.6) is 11.5 Å². The second kappa shape index (κ2) is 18.5. The van der Waals surface area contributed by atoms with E-state index < -0.39 is 0 Å². The summed E-state index contributed by atoms with van der Waals surface area (Å²) in [5.74, 6) is 3.10. The fourth-order valence-electron chi connectivity index (χ4n) is 10.3. The number of rotatable bonds is 9. The van der Waals surface area contributed by atoms with Gasteiger partial charge in [-0.3, -0.25) is 9.97 Å². The van der Waals surface area contributed by atoms with Crippen LogP contribution in [0.1, 0.15) is 0 Å². The lowest BCUT2D eigenvalue weighted by atomic mass is 9.91. The molecule has 8 heteroatoms. The Hall–Kier alpha value is -10.1. The summed E-state index contributed by atoms with van der Waals surface area (Å²) in [6, 6.07) is 69.1. The third kappa shape index (κ3) is 8.21. The van der Waals surface area contributed by atoms with Gasteiger partial charge in [0.15, 0.2) is 41.2 Å². The number of furan rings is 1. The number of hydrogen-bond acceptors (Lipinski definition) is 8.